The topological polar surface area (TPSA) is 36.9 Å². The average molecular weight is 322 g/mol. The van der Waals surface area contributed by atoms with E-state index in [-0.39, 0.29) is 5.60 Å². The third-order valence-corrected chi connectivity index (χ3v) is 4.84. The fraction of sp³-hybridized carbons (Fsp3) is 0.684. The minimum atomic E-state index is -0.505. The van der Waals surface area contributed by atoms with E-state index < -0.39 is 5.79 Å². The van der Waals surface area contributed by atoms with Gasteiger partial charge >= 0.3 is 0 Å². The van der Waals surface area contributed by atoms with Gasteiger partial charge in [-0.15, -0.1) is 0 Å². The molecule has 0 bridgehead atoms. The van der Waals surface area contributed by atoms with E-state index in [2.05, 4.69) is 27.7 Å². The van der Waals surface area contributed by atoms with Gasteiger partial charge in [-0.2, -0.15) is 0 Å². The van der Waals surface area contributed by atoms with Gasteiger partial charge in [0.1, 0.15) is 11.5 Å². The first-order valence-electron chi connectivity index (χ1n) is 8.19. The zero-order valence-electron chi connectivity index (χ0n) is 15.8. The van der Waals surface area contributed by atoms with E-state index in [1.54, 1.807) is 14.2 Å². The van der Waals surface area contributed by atoms with Crippen molar-refractivity contribution in [2.45, 2.75) is 65.8 Å². The molecule has 0 N–H and O–H groups in total. The van der Waals surface area contributed by atoms with Crippen molar-refractivity contribution in [1.82, 2.24) is 0 Å². The molecule has 0 spiro atoms. The van der Waals surface area contributed by atoms with Crippen LogP contribution in [0.5, 0.6) is 11.5 Å². The van der Waals surface area contributed by atoms with Crippen LogP contribution >= 0.6 is 0 Å². The Hall–Kier alpha value is -1.26. The van der Waals surface area contributed by atoms with Gasteiger partial charge in [0, 0.05) is 5.56 Å². The largest absolute Gasteiger partial charge is 0.496 e. The number of ether oxygens (including phenoxy) is 4. The smallest absolute Gasteiger partial charge is 0.163 e. The number of hydrogen-bond donors (Lipinski definition) is 0. The lowest BCUT2D eigenvalue weighted by molar-refractivity contribution is -0.158. The number of hydrogen-bond acceptors (Lipinski definition) is 4. The number of rotatable bonds is 5. The van der Waals surface area contributed by atoms with Crippen molar-refractivity contribution in [3.05, 3.63) is 22.3 Å². The lowest BCUT2D eigenvalue weighted by atomic mass is 9.91. The highest BCUT2D eigenvalue weighted by atomic mass is 16.7. The molecule has 1 aliphatic rings. The van der Waals surface area contributed by atoms with Gasteiger partial charge in [-0.3, -0.25) is 0 Å². The molecule has 1 aromatic carbocycles. The van der Waals surface area contributed by atoms with Crippen LogP contribution in [0.15, 0.2) is 0 Å². The summed E-state index contributed by atoms with van der Waals surface area (Å²) in [6, 6.07) is 0. The highest BCUT2D eigenvalue weighted by Crippen LogP contribution is 2.40. The maximum Gasteiger partial charge on any atom is 0.163 e. The average Bonchev–Trinajstić information content (AvgIpc) is 2.76. The van der Waals surface area contributed by atoms with Crippen molar-refractivity contribution in [2.75, 3.05) is 20.8 Å². The molecule has 2 rings (SSSR count). The number of benzene rings is 1. The molecule has 4 heteroatoms. The molecule has 23 heavy (non-hydrogen) atoms. The highest BCUT2D eigenvalue weighted by Gasteiger charge is 2.41. The molecule has 1 heterocycles. The van der Waals surface area contributed by atoms with Crippen LogP contribution in [0.25, 0.3) is 0 Å². The molecule has 0 aliphatic carbocycles. The minimum absolute atomic E-state index is 0.271. The Kier molecular flexibility index (Phi) is 4.97. The first kappa shape index (κ1) is 18.1. The molecule has 0 radical (unpaired) electrons. The fourth-order valence-electron chi connectivity index (χ4n) is 3.53. The number of methoxy groups -OCH3 is 2. The molecular weight excluding hydrogens is 292 g/mol. The summed E-state index contributed by atoms with van der Waals surface area (Å²) in [4.78, 5) is 0. The Morgan fingerprint density at radius 2 is 1.48 bits per heavy atom. The van der Waals surface area contributed by atoms with Gasteiger partial charge in [0.2, 0.25) is 0 Å². The van der Waals surface area contributed by atoms with Crippen molar-refractivity contribution >= 4 is 0 Å². The van der Waals surface area contributed by atoms with Gasteiger partial charge in [0.15, 0.2) is 5.79 Å². The van der Waals surface area contributed by atoms with Gasteiger partial charge in [0.05, 0.1) is 26.4 Å². The molecule has 1 fully saturated rings. The zero-order valence-corrected chi connectivity index (χ0v) is 15.8. The van der Waals surface area contributed by atoms with Crippen LogP contribution in [-0.2, 0) is 15.9 Å². The van der Waals surface area contributed by atoms with Crippen molar-refractivity contribution < 1.29 is 18.9 Å². The van der Waals surface area contributed by atoms with Crippen molar-refractivity contribution in [3.8, 4) is 11.5 Å². The Bertz CT molecular complexity index is 592. The van der Waals surface area contributed by atoms with Crippen molar-refractivity contribution in [1.29, 1.82) is 0 Å². The van der Waals surface area contributed by atoms with Crippen LogP contribution < -0.4 is 9.47 Å². The standard InChI is InChI=1S/C19H30O4/c1-12-13(2)17(21-8)15(14(3)16(12)20-7)9-10-19(6)11-22-18(4,5)23-19/h9-11H2,1-8H3/t19-/m0/s1. The summed E-state index contributed by atoms with van der Waals surface area (Å²) in [5.74, 6) is 1.41. The van der Waals surface area contributed by atoms with E-state index in [0.717, 1.165) is 41.0 Å². The van der Waals surface area contributed by atoms with Gasteiger partial charge in [0.25, 0.3) is 0 Å². The van der Waals surface area contributed by atoms with E-state index in [0.29, 0.717) is 6.61 Å². The van der Waals surface area contributed by atoms with Gasteiger partial charge in [-0.1, -0.05) is 0 Å². The molecule has 0 amide bonds. The third kappa shape index (κ3) is 3.48. The second kappa shape index (κ2) is 6.33. The molecule has 130 valence electrons. The minimum Gasteiger partial charge on any atom is -0.496 e. The first-order valence-corrected chi connectivity index (χ1v) is 8.19. The maximum atomic E-state index is 6.09. The summed E-state index contributed by atoms with van der Waals surface area (Å²) >= 11 is 0. The molecule has 1 atom stereocenters. The summed E-state index contributed by atoms with van der Waals surface area (Å²) < 4.78 is 23.1. The van der Waals surface area contributed by atoms with Crippen LogP contribution in [0, 0.1) is 20.8 Å². The molecule has 1 saturated heterocycles. The summed E-state index contributed by atoms with van der Waals surface area (Å²) in [6.45, 7) is 12.9. The zero-order chi connectivity index (χ0) is 17.4. The molecule has 0 aromatic heterocycles. The molecule has 1 aromatic rings. The SMILES string of the molecule is COc1c(C)c(C)c(OC)c(CC[C@@]2(C)COC(C)(C)O2)c1C. The second-order valence-electron chi connectivity index (χ2n) is 7.16. The van der Waals surface area contributed by atoms with Crippen LogP contribution in [0.3, 0.4) is 0 Å². The fourth-order valence-corrected chi connectivity index (χ4v) is 3.53. The molecule has 4 nitrogen and oxygen atoms in total. The summed E-state index contributed by atoms with van der Waals surface area (Å²) in [6.07, 6.45) is 1.74. The maximum absolute atomic E-state index is 6.09. The predicted molar refractivity (Wildman–Crippen MR) is 91.6 cm³/mol. The van der Waals surface area contributed by atoms with Crippen LogP contribution in [0.1, 0.15) is 49.4 Å². The van der Waals surface area contributed by atoms with E-state index >= 15 is 0 Å². The lowest BCUT2D eigenvalue weighted by Crippen LogP contribution is -2.31. The van der Waals surface area contributed by atoms with E-state index in [1.165, 1.54) is 5.56 Å². The van der Waals surface area contributed by atoms with Crippen LogP contribution in [0.2, 0.25) is 0 Å². The Morgan fingerprint density at radius 1 is 0.913 bits per heavy atom. The van der Waals surface area contributed by atoms with Gasteiger partial charge in [-0.25, -0.2) is 0 Å². The predicted octanol–water partition coefficient (Wildman–Crippen LogP) is 4.10. The molecule has 0 saturated carbocycles. The molecule has 0 unspecified atom stereocenters. The highest BCUT2D eigenvalue weighted by molar-refractivity contribution is 5.58. The van der Waals surface area contributed by atoms with E-state index in [9.17, 15) is 0 Å². The van der Waals surface area contributed by atoms with Crippen LogP contribution in [-0.4, -0.2) is 32.2 Å². The normalized spacial score (nSPS) is 23.1. The van der Waals surface area contributed by atoms with Gasteiger partial charge < -0.3 is 18.9 Å². The van der Waals surface area contributed by atoms with Crippen LogP contribution in [0.4, 0.5) is 0 Å². The summed E-state index contributed by atoms with van der Waals surface area (Å²) in [7, 11) is 3.46. The Balaban J connectivity index is 2.31. The van der Waals surface area contributed by atoms with Crippen molar-refractivity contribution in [3.63, 3.8) is 0 Å². The summed E-state index contributed by atoms with van der Waals surface area (Å²) in [5, 5.41) is 0. The Morgan fingerprint density at radius 3 is 1.96 bits per heavy atom. The lowest BCUT2D eigenvalue weighted by Gasteiger charge is -2.26. The van der Waals surface area contributed by atoms with Gasteiger partial charge in [-0.05, 0) is 71.1 Å². The molecular formula is C19H30O4. The van der Waals surface area contributed by atoms with Crippen molar-refractivity contribution in [2.24, 2.45) is 0 Å². The summed E-state index contributed by atoms with van der Waals surface area (Å²) in [5.41, 5.74) is 4.35. The third-order valence-electron chi connectivity index (χ3n) is 4.84. The first-order chi connectivity index (χ1) is 10.6. The van der Waals surface area contributed by atoms with E-state index in [4.69, 9.17) is 18.9 Å². The molecule has 1 aliphatic heterocycles. The second-order valence-corrected chi connectivity index (χ2v) is 7.16. The monoisotopic (exact) mass is 322 g/mol. The van der Waals surface area contributed by atoms with E-state index in [1.807, 2.05) is 13.8 Å². The quantitative estimate of drug-likeness (QED) is 0.818. The Labute approximate surface area is 140 Å².